The van der Waals surface area contributed by atoms with Gasteiger partial charge in [0.25, 0.3) is 0 Å². The molecule has 0 aromatic rings. The molecule has 0 spiro atoms. The van der Waals surface area contributed by atoms with Crippen LogP contribution in [0.2, 0.25) is 36.3 Å². The Balaban J connectivity index is 0.00000134. The zero-order chi connectivity index (χ0) is 29.2. The molecule has 7 heteroatoms. The van der Waals surface area contributed by atoms with Crippen LogP contribution >= 0.6 is 17.0 Å². The summed E-state index contributed by atoms with van der Waals surface area (Å²) in [5, 5.41) is 0.475. The fourth-order valence-electron chi connectivity index (χ4n) is 5.73. The molecule has 4 aliphatic rings. The van der Waals surface area contributed by atoms with E-state index >= 15 is 0 Å². The van der Waals surface area contributed by atoms with Gasteiger partial charge >= 0.3 is 37.9 Å². The van der Waals surface area contributed by atoms with Crippen LogP contribution in [0.15, 0.2) is 45.6 Å². The molecular formula is C32H53Cl2O2Si2Zr-. The Kier molecular flexibility index (Phi) is 11.8. The van der Waals surface area contributed by atoms with E-state index in [-0.39, 0.29) is 22.3 Å². The zero-order valence-electron chi connectivity index (χ0n) is 26.3. The molecule has 39 heavy (non-hydrogen) atoms. The quantitative estimate of drug-likeness (QED) is 0.196. The summed E-state index contributed by atoms with van der Waals surface area (Å²) in [5.74, 6) is 0. The van der Waals surface area contributed by atoms with Crippen LogP contribution in [0.3, 0.4) is 0 Å². The van der Waals surface area contributed by atoms with E-state index in [0.29, 0.717) is 0 Å². The van der Waals surface area contributed by atoms with Crippen molar-refractivity contribution in [3.05, 3.63) is 52.0 Å². The van der Waals surface area contributed by atoms with E-state index in [1.54, 1.807) is 27.9 Å². The zero-order valence-corrected chi connectivity index (χ0v) is 32.3. The van der Waals surface area contributed by atoms with Crippen LogP contribution in [0.5, 0.6) is 0 Å². The van der Waals surface area contributed by atoms with Crippen molar-refractivity contribution >= 4 is 33.7 Å². The molecule has 4 rings (SSSR count). The van der Waals surface area contributed by atoms with Crippen molar-refractivity contribution < 1.29 is 29.7 Å². The third-order valence-electron chi connectivity index (χ3n) is 10.1. The molecule has 2 nitrogen and oxygen atoms in total. The summed E-state index contributed by atoms with van der Waals surface area (Å²) in [7, 11) is 6.23. The van der Waals surface area contributed by atoms with Crippen molar-refractivity contribution in [1.82, 2.24) is 0 Å². The second-order valence-corrected chi connectivity index (χ2v) is 28.1. The van der Waals surface area contributed by atoms with Crippen molar-refractivity contribution in [3.8, 4) is 0 Å². The van der Waals surface area contributed by atoms with Gasteiger partial charge in [-0.3, -0.25) is 0 Å². The first-order chi connectivity index (χ1) is 18.0. The molecule has 0 amide bonds. The third-order valence-corrected chi connectivity index (χ3v) is 19.0. The van der Waals surface area contributed by atoms with Gasteiger partial charge in [0.1, 0.15) is 0 Å². The van der Waals surface area contributed by atoms with Gasteiger partial charge in [0, 0.05) is 6.10 Å². The number of hydrogen-bond acceptors (Lipinski definition) is 2. The number of halogens is 2. The van der Waals surface area contributed by atoms with Gasteiger partial charge in [0.15, 0.2) is 16.6 Å². The molecule has 0 fully saturated rings. The van der Waals surface area contributed by atoms with Crippen LogP contribution in [-0.2, 0) is 29.7 Å². The molecule has 0 bridgehead atoms. The predicted molar refractivity (Wildman–Crippen MR) is 172 cm³/mol. The fourth-order valence-corrected chi connectivity index (χ4v) is 8.13. The first-order valence-electron chi connectivity index (χ1n) is 15.0. The Morgan fingerprint density at radius 2 is 1.15 bits per heavy atom. The molecule has 0 saturated heterocycles. The third kappa shape index (κ3) is 8.18. The summed E-state index contributed by atoms with van der Waals surface area (Å²) in [5.41, 5.74) is 9.45. The van der Waals surface area contributed by atoms with Crippen LogP contribution < -0.4 is 0 Å². The van der Waals surface area contributed by atoms with Gasteiger partial charge in [-0.25, -0.2) is 0 Å². The molecule has 0 N–H and O–H groups in total. The fraction of sp³-hybridized carbons (Fsp3) is 0.719. The average Bonchev–Trinajstić information content (AvgIpc) is 3.34. The van der Waals surface area contributed by atoms with Crippen molar-refractivity contribution in [2.24, 2.45) is 0 Å². The van der Waals surface area contributed by atoms with E-state index < -0.39 is 37.5 Å². The molecule has 0 heterocycles. The Morgan fingerprint density at radius 1 is 0.744 bits per heavy atom. The minimum atomic E-state index is -1.82. The molecule has 0 saturated carbocycles. The van der Waals surface area contributed by atoms with Gasteiger partial charge in [-0.05, 0) is 79.5 Å². The molecule has 0 aromatic carbocycles. The van der Waals surface area contributed by atoms with Gasteiger partial charge in [0.05, 0.1) is 6.10 Å². The molecule has 220 valence electrons. The van der Waals surface area contributed by atoms with Crippen LogP contribution in [0.1, 0.15) is 99.3 Å². The second kappa shape index (κ2) is 13.5. The van der Waals surface area contributed by atoms with E-state index in [1.165, 1.54) is 56.9 Å². The van der Waals surface area contributed by atoms with Crippen molar-refractivity contribution in [1.29, 1.82) is 0 Å². The summed E-state index contributed by atoms with van der Waals surface area (Å²) in [6, 6.07) is 0. The topological polar surface area (TPSA) is 18.5 Å². The van der Waals surface area contributed by atoms with E-state index in [1.807, 2.05) is 0 Å². The molecular weight excluding hydrogens is 635 g/mol. The van der Waals surface area contributed by atoms with Crippen LogP contribution in [0, 0.1) is 6.42 Å². The molecule has 0 radical (unpaired) electrons. The maximum atomic E-state index is 6.98. The second-order valence-electron chi connectivity index (χ2n) is 14.8. The Labute approximate surface area is 261 Å². The summed E-state index contributed by atoms with van der Waals surface area (Å²) in [4.78, 5) is 0. The van der Waals surface area contributed by atoms with Crippen LogP contribution in [-0.4, -0.2) is 28.8 Å². The van der Waals surface area contributed by atoms with Crippen molar-refractivity contribution in [2.75, 3.05) is 0 Å². The first kappa shape index (κ1) is 34.1. The first-order valence-corrected chi connectivity index (χ1v) is 27.2. The van der Waals surface area contributed by atoms with Crippen molar-refractivity contribution in [2.45, 2.75) is 148 Å². The minimum absolute atomic E-state index is 0.198. The molecule has 2 unspecified atom stereocenters. The van der Waals surface area contributed by atoms with Gasteiger partial charge in [-0.1, -0.05) is 78.9 Å². The average molecular weight is 688 g/mol. The standard InChI is InChI=1S/C32H53O2Si2.2ClH.Zr/c1-31(2,3)35(7,8)33-29-21-23(25-15-11-13-17-27(25)29)19-20-24-22-30(28-18-14-12-16-26(24)28)34-36(9,10)32(4,5)6;;;/h19,21-22,29-30H,11-18,20H2,1-10H3;2*1H;/q-1;;;+2/p-2. The van der Waals surface area contributed by atoms with Crippen LogP contribution in [0.25, 0.3) is 0 Å². The van der Waals surface area contributed by atoms with E-state index in [9.17, 15) is 0 Å². The van der Waals surface area contributed by atoms with Gasteiger partial charge < -0.3 is 8.85 Å². The number of allylic oxidation sites excluding steroid dienone is 4. The summed E-state index contributed by atoms with van der Waals surface area (Å²) in [6.07, 6.45) is 19.1. The summed E-state index contributed by atoms with van der Waals surface area (Å²) < 4.78 is 13.9. The molecule has 4 aliphatic carbocycles. The Hall–Kier alpha value is 0.647. The van der Waals surface area contributed by atoms with E-state index in [0.717, 1.165) is 6.42 Å². The van der Waals surface area contributed by atoms with Crippen molar-refractivity contribution in [3.63, 3.8) is 0 Å². The monoisotopic (exact) mass is 685 g/mol. The Bertz CT molecular complexity index is 932. The van der Waals surface area contributed by atoms with Gasteiger partial charge in [0.2, 0.25) is 0 Å². The molecule has 0 aromatic heterocycles. The molecule has 0 aliphatic heterocycles. The predicted octanol–water partition coefficient (Wildman–Crippen LogP) is 11.4. The Morgan fingerprint density at radius 3 is 1.64 bits per heavy atom. The van der Waals surface area contributed by atoms with E-state index in [2.05, 4.69) is 86.3 Å². The van der Waals surface area contributed by atoms with E-state index in [4.69, 9.17) is 25.9 Å². The number of rotatable bonds is 7. The van der Waals surface area contributed by atoms with Gasteiger partial charge in [-0.15, -0.1) is 11.1 Å². The molecule has 2 atom stereocenters. The SMILES string of the molecule is CC(C)(C)[Si](C)(C)OC1C=C([CH-]CC2=CC(O[Si](C)(C)C(C)(C)C)C3=C2CCCC3)C2=C1CCCC2.[Cl][Zr][Cl]. The number of hydrogen-bond donors (Lipinski definition) is 0. The summed E-state index contributed by atoms with van der Waals surface area (Å²) >= 11 is -0.826. The summed E-state index contributed by atoms with van der Waals surface area (Å²) in [6.45, 7) is 23.7. The normalized spacial score (nSPS) is 24.0. The van der Waals surface area contributed by atoms with Crippen LogP contribution in [0.4, 0.5) is 0 Å². The van der Waals surface area contributed by atoms with Gasteiger partial charge in [-0.2, -0.15) is 18.1 Å². The maximum absolute atomic E-state index is 6.98.